The fourth-order valence-corrected chi connectivity index (χ4v) is 5.07. The highest BCUT2D eigenvalue weighted by molar-refractivity contribution is 5.78. The molecule has 1 N–H and O–H groups in total. The van der Waals surface area contributed by atoms with Gasteiger partial charge in [0.1, 0.15) is 24.7 Å². The van der Waals surface area contributed by atoms with E-state index in [1.54, 1.807) is 6.92 Å². The summed E-state index contributed by atoms with van der Waals surface area (Å²) < 4.78 is 18.0. The Balaban J connectivity index is 1.46. The van der Waals surface area contributed by atoms with Crippen molar-refractivity contribution in [3.8, 4) is 0 Å². The van der Waals surface area contributed by atoms with Crippen LogP contribution in [0, 0.1) is 6.92 Å². The van der Waals surface area contributed by atoms with Gasteiger partial charge in [0.05, 0.1) is 6.04 Å². The van der Waals surface area contributed by atoms with E-state index in [0.29, 0.717) is 44.5 Å². The van der Waals surface area contributed by atoms with Gasteiger partial charge in [-0.15, -0.1) is 0 Å². The summed E-state index contributed by atoms with van der Waals surface area (Å²) in [5.74, 6) is -0.246. The van der Waals surface area contributed by atoms with Gasteiger partial charge in [0.25, 0.3) is 5.56 Å². The second-order valence-electron chi connectivity index (χ2n) is 12.1. The number of H-pyrrole nitrogens is 1. The molecule has 12 heteroatoms. The number of ether oxygens (including phenoxy) is 3. The van der Waals surface area contributed by atoms with Gasteiger partial charge in [0.15, 0.2) is 0 Å². The number of carbonyl (C=O) groups is 2. The Morgan fingerprint density at radius 1 is 0.902 bits per heavy atom. The van der Waals surface area contributed by atoms with Gasteiger partial charge >= 0.3 is 11.7 Å². The lowest BCUT2D eigenvalue weighted by Crippen LogP contribution is -2.33. The molecule has 0 aliphatic carbocycles. The van der Waals surface area contributed by atoms with Crippen LogP contribution in [0.5, 0.6) is 0 Å². The molecule has 1 fully saturated rings. The van der Waals surface area contributed by atoms with Crippen molar-refractivity contribution < 1.29 is 23.8 Å². The lowest BCUT2D eigenvalue weighted by molar-refractivity contribution is -0.149. The summed E-state index contributed by atoms with van der Waals surface area (Å²) in [7, 11) is 0. The summed E-state index contributed by atoms with van der Waals surface area (Å²) >= 11 is 0. The smallest absolute Gasteiger partial charge is 0.330 e. The highest BCUT2D eigenvalue weighted by Crippen LogP contribution is 2.30. The molecular formula is C39H55N5O7. The maximum Gasteiger partial charge on any atom is 0.330 e. The minimum Gasteiger partial charge on any atom is -0.463 e. The number of nitrogens with zero attached hydrogens (tertiary/aromatic N) is 4. The summed E-state index contributed by atoms with van der Waals surface area (Å²) in [6.45, 7) is 4.36. The third-order valence-electron chi connectivity index (χ3n) is 7.87. The van der Waals surface area contributed by atoms with Crippen LogP contribution in [-0.4, -0.2) is 53.3 Å². The van der Waals surface area contributed by atoms with Crippen molar-refractivity contribution in [2.24, 2.45) is 5.11 Å². The van der Waals surface area contributed by atoms with E-state index < -0.39 is 35.6 Å². The molecule has 12 nitrogen and oxygen atoms in total. The molecule has 0 radical (unpaired) electrons. The van der Waals surface area contributed by atoms with Gasteiger partial charge in [-0.2, -0.15) is 0 Å². The fourth-order valence-electron chi connectivity index (χ4n) is 5.07. The fraction of sp³-hybridized carbons (Fsp3) is 0.538. The molecule has 2 heterocycles. The molecule has 0 aromatic carbocycles. The van der Waals surface area contributed by atoms with Crippen LogP contribution in [0.3, 0.4) is 0 Å². The van der Waals surface area contributed by atoms with Crippen LogP contribution >= 0.6 is 0 Å². The number of aryl methyl sites for hydroxylation is 1. The number of Topliss-reactive ketones (excluding diaryl/α,β-unsaturated/α-hetero) is 1. The Morgan fingerprint density at radius 3 is 2.06 bits per heavy atom. The van der Waals surface area contributed by atoms with E-state index in [-0.39, 0.29) is 25.2 Å². The van der Waals surface area contributed by atoms with Crippen molar-refractivity contribution in [3.05, 3.63) is 116 Å². The molecule has 1 aliphatic rings. The number of rotatable bonds is 26. The van der Waals surface area contributed by atoms with Crippen LogP contribution in [0.2, 0.25) is 0 Å². The number of aromatic amines is 1. The second-order valence-corrected chi connectivity index (χ2v) is 12.1. The topological polar surface area (TPSA) is 165 Å². The van der Waals surface area contributed by atoms with Gasteiger partial charge in [-0.25, -0.2) is 4.79 Å². The number of ketones is 1. The number of esters is 1. The van der Waals surface area contributed by atoms with E-state index in [1.807, 2.05) is 0 Å². The van der Waals surface area contributed by atoms with Gasteiger partial charge in [0, 0.05) is 55.6 Å². The van der Waals surface area contributed by atoms with E-state index in [2.05, 4.69) is 94.8 Å². The number of hydrogen-bond acceptors (Lipinski definition) is 8. The molecular weight excluding hydrogens is 650 g/mol. The van der Waals surface area contributed by atoms with E-state index in [1.165, 1.54) is 10.8 Å². The maximum atomic E-state index is 12.2. The Kier molecular flexibility index (Phi) is 22.8. The molecule has 2 rings (SSSR count). The number of azide groups is 1. The predicted octanol–water partition coefficient (Wildman–Crippen LogP) is 7.98. The lowest BCUT2D eigenvalue weighted by atomic mass is 10.1. The number of nitrogens with one attached hydrogen (secondary N) is 1. The summed E-state index contributed by atoms with van der Waals surface area (Å²) in [5, 5.41) is 3.72. The molecule has 0 amide bonds. The first-order valence-corrected chi connectivity index (χ1v) is 18.0. The van der Waals surface area contributed by atoms with Crippen molar-refractivity contribution >= 4 is 11.8 Å². The van der Waals surface area contributed by atoms with Gasteiger partial charge in [-0.3, -0.25) is 23.9 Å². The average Bonchev–Trinajstić information content (AvgIpc) is 3.51. The molecule has 1 aromatic rings. The van der Waals surface area contributed by atoms with Crippen LogP contribution in [0.1, 0.15) is 102 Å². The molecule has 0 bridgehead atoms. The zero-order valence-electron chi connectivity index (χ0n) is 30.2. The summed E-state index contributed by atoms with van der Waals surface area (Å²) in [5.41, 5.74) is 8.13. The quantitative estimate of drug-likeness (QED) is 0.0255. The molecule has 3 atom stereocenters. The first kappa shape index (κ1) is 42.7. The normalized spacial score (nSPS) is 18.0. The number of aromatic nitrogens is 2. The Labute approximate surface area is 301 Å². The van der Waals surface area contributed by atoms with Gasteiger partial charge < -0.3 is 14.2 Å². The maximum absolute atomic E-state index is 12.2. The zero-order chi connectivity index (χ0) is 36.9. The Hall–Kier alpha value is -4.51. The zero-order valence-corrected chi connectivity index (χ0v) is 30.2. The third kappa shape index (κ3) is 19.5. The van der Waals surface area contributed by atoms with Crippen LogP contribution in [0.15, 0.2) is 93.8 Å². The minimum atomic E-state index is -0.774. The van der Waals surface area contributed by atoms with Crippen molar-refractivity contribution in [1.29, 1.82) is 0 Å². The van der Waals surface area contributed by atoms with Crippen LogP contribution in [0.25, 0.3) is 10.4 Å². The standard InChI is InChI=1S/C39H55N5O7/c1-3-4-5-6-7-8-9-10-11-12-13-14-15-16-17-18-19-20-21-24-33(45)25-22-27-49-28-23-26-37(46)50-31-35-34(42-43-40)29-36(51-35)44-30-32(2)38(47)41-39(44)48/h4-5,7-8,10-11,13-14,16-17,19-20,30,34-36H,3,6,9,12,15,18,21-29,31H2,1-2H3,(H,41,47,48)/b5-4-,8-7-,11-10-,14-13-,17-16-,20-19-/t34-,35+,36?/m0/s1. The first-order chi connectivity index (χ1) is 24.8. The monoisotopic (exact) mass is 705 g/mol. The predicted molar refractivity (Wildman–Crippen MR) is 200 cm³/mol. The SMILES string of the molecule is CC/C=C\C/C=C\C/C=C\C/C=C\C/C=C\C/C=C\CCC(=O)CCCOCCCC(=O)OC[C@H]1OC(n2cc(C)c(=O)[nH]c2=O)C[C@@H]1N=[N+]=[N-]. The number of hydrogen-bond donors (Lipinski definition) is 1. The highest BCUT2D eigenvalue weighted by atomic mass is 16.6. The third-order valence-corrected chi connectivity index (χ3v) is 7.87. The van der Waals surface area contributed by atoms with E-state index in [9.17, 15) is 19.2 Å². The summed E-state index contributed by atoms with van der Waals surface area (Å²) in [6.07, 6.45) is 34.7. The van der Waals surface area contributed by atoms with Crippen molar-refractivity contribution in [2.45, 2.75) is 116 Å². The van der Waals surface area contributed by atoms with Gasteiger partial charge in [0.2, 0.25) is 0 Å². The van der Waals surface area contributed by atoms with Crippen LogP contribution in [-0.2, 0) is 23.8 Å². The van der Waals surface area contributed by atoms with Crippen molar-refractivity contribution in [2.75, 3.05) is 19.8 Å². The lowest BCUT2D eigenvalue weighted by Gasteiger charge is -2.17. The van der Waals surface area contributed by atoms with Crippen molar-refractivity contribution in [1.82, 2.24) is 9.55 Å². The Morgan fingerprint density at radius 2 is 1.47 bits per heavy atom. The number of carbonyl (C=O) groups excluding carboxylic acids is 2. The van der Waals surface area contributed by atoms with Crippen LogP contribution < -0.4 is 11.2 Å². The molecule has 1 saturated heterocycles. The average molecular weight is 706 g/mol. The number of allylic oxidation sites excluding steroid dienone is 12. The minimum absolute atomic E-state index is 0.131. The Bertz CT molecular complexity index is 1530. The molecule has 1 aliphatic heterocycles. The highest BCUT2D eigenvalue weighted by Gasteiger charge is 2.37. The van der Waals surface area contributed by atoms with E-state index >= 15 is 0 Å². The van der Waals surface area contributed by atoms with E-state index in [4.69, 9.17) is 19.7 Å². The molecule has 1 aromatic heterocycles. The summed E-state index contributed by atoms with van der Waals surface area (Å²) in [4.78, 5) is 53.3. The molecule has 0 saturated carbocycles. The summed E-state index contributed by atoms with van der Waals surface area (Å²) in [6, 6.07) is -0.649. The van der Waals surface area contributed by atoms with Crippen molar-refractivity contribution in [3.63, 3.8) is 0 Å². The van der Waals surface area contributed by atoms with Gasteiger partial charge in [-0.1, -0.05) is 85.0 Å². The largest absolute Gasteiger partial charge is 0.463 e. The molecule has 0 spiro atoms. The van der Waals surface area contributed by atoms with Crippen LogP contribution in [0.4, 0.5) is 0 Å². The van der Waals surface area contributed by atoms with E-state index in [0.717, 1.165) is 44.9 Å². The molecule has 51 heavy (non-hydrogen) atoms. The van der Waals surface area contributed by atoms with Gasteiger partial charge in [-0.05, 0) is 70.2 Å². The molecule has 1 unspecified atom stereocenters. The first-order valence-electron chi connectivity index (χ1n) is 18.0. The second kappa shape index (κ2) is 27.2. The molecule has 278 valence electrons.